The first kappa shape index (κ1) is 15.4. The lowest BCUT2D eigenvalue weighted by atomic mass is 10.1. The molecule has 21 heavy (non-hydrogen) atoms. The number of hydrogen-bond acceptors (Lipinski definition) is 2. The molecule has 2 aromatic carbocycles. The molecule has 3 nitrogen and oxygen atoms in total. The number of benzene rings is 2. The normalized spacial score (nSPS) is 11.2. The van der Waals surface area contributed by atoms with Crippen molar-refractivity contribution in [3.05, 3.63) is 58.1 Å². The maximum atomic E-state index is 12.6. The quantitative estimate of drug-likeness (QED) is 0.786. The third kappa shape index (κ3) is 3.75. The fraction of sp³-hybridized carbons (Fsp3) is 0.0714. The molecule has 110 valence electrons. The summed E-state index contributed by atoms with van der Waals surface area (Å²) in [6.07, 6.45) is -4.46. The molecule has 0 aliphatic heterocycles. The highest BCUT2D eigenvalue weighted by Crippen LogP contribution is 2.31. The Labute approximate surface area is 127 Å². The van der Waals surface area contributed by atoms with Crippen molar-refractivity contribution in [3.63, 3.8) is 0 Å². The van der Waals surface area contributed by atoms with Crippen molar-refractivity contribution in [2.24, 2.45) is 0 Å². The summed E-state index contributed by atoms with van der Waals surface area (Å²) in [5, 5.41) is 2.40. The first-order chi connectivity index (χ1) is 9.77. The molecule has 3 N–H and O–H groups in total. The van der Waals surface area contributed by atoms with Gasteiger partial charge in [0.15, 0.2) is 0 Å². The van der Waals surface area contributed by atoms with Crippen molar-refractivity contribution in [2.45, 2.75) is 6.18 Å². The van der Waals surface area contributed by atoms with E-state index >= 15 is 0 Å². The second-order valence-electron chi connectivity index (χ2n) is 4.26. The summed E-state index contributed by atoms with van der Waals surface area (Å²) < 4.78 is 38.5. The van der Waals surface area contributed by atoms with Crippen LogP contribution in [0.25, 0.3) is 0 Å². The molecule has 0 heterocycles. The van der Waals surface area contributed by atoms with E-state index in [1.54, 1.807) is 6.07 Å². The van der Waals surface area contributed by atoms with Gasteiger partial charge in [-0.25, -0.2) is 0 Å². The Balaban J connectivity index is 2.26. The number of anilines is 2. The van der Waals surface area contributed by atoms with Crippen molar-refractivity contribution in [1.82, 2.24) is 0 Å². The van der Waals surface area contributed by atoms with Crippen LogP contribution in [0.5, 0.6) is 0 Å². The highest BCUT2D eigenvalue weighted by atomic mass is 79.9. The van der Waals surface area contributed by atoms with Crippen molar-refractivity contribution < 1.29 is 18.0 Å². The third-order valence-electron chi connectivity index (χ3n) is 2.71. The van der Waals surface area contributed by atoms with Gasteiger partial charge in [-0.2, -0.15) is 13.2 Å². The van der Waals surface area contributed by atoms with Gasteiger partial charge in [0.1, 0.15) is 0 Å². The summed E-state index contributed by atoms with van der Waals surface area (Å²) in [6.45, 7) is 0. The Hall–Kier alpha value is -2.02. The Kier molecular flexibility index (Phi) is 4.22. The number of amides is 1. The predicted molar refractivity (Wildman–Crippen MR) is 78.0 cm³/mol. The Morgan fingerprint density at radius 1 is 1.14 bits per heavy atom. The molecule has 7 heteroatoms. The van der Waals surface area contributed by atoms with Gasteiger partial charge in [0.05, 0.1) is 11.1 Å². The lowest BCUT2D eigenvalue weighted by Gasteiger charge is -2.11. The summed E-state index contributed by atoms with van der Waals surface area (Å²) in [5.41, 5.74) is 5.32. The van der Waals surface area contributed by atoms with Crippen LogP contribution < -0.4 is 11.1 Å². The number of carbonyl (C=O) groups excluding carboxylic acids is 1. The monoisotopic (exact) mass is 358 g/mol. The molecule has 0 saturated heterocycles. The summed E-state index contributed by atoms with van der Waals surface area (Å²) in [7, 11) is 0. The van der Waals surface area contributed by atoms with Crippen LogP contribution in [-0.4, -0.2) is 5.91 Å². The SMILES string of the molecule is Nc1ccc(Br)cc1C(=O)Nc1cccc(C(F)(F)F)c1. The molecule has 2 aromatic rings. The molecule has 0 aromatic heterocycles. The van der Waals surface area contributed by atoms with E-state index in [1.165, 1.54) is 24.3 Å². The first-order valence-electron chi connectivity index (χ1n) is 5.81. The Morgan fingerprint density at radius 3 is 2.52 bits per heavy atom. The van der Waals surface area contributed by atoms with Gasteiger partial charge in [0.2, 0.25) is 0 Å². The number of hydrogen-bond donors (Lipinski definition) is 2. The van der Waals surface area contributed by atoms with Gasteiger partial charge in [-0.15, -0.1) is 0 Å². The fourth-order valence-electron chi connectivity index (χ4n) is 1.70. The van der Waals surface area contributed by atoms with Crippen LogP contribution in [0.3, 0.4) is 0 Å². The Bertz CT molecular complexity index is 686. The predicted octanol–water partition coefficient (Wildman–Crippen LogP) is 4.30. The lowest BCUT2D eigenvalue weighted by Crippen LogP contribution is -2.15. The minimum Gasteiger partial charge on any atom is -0.398 e. The van der Waals surface area contributed by atoms with E-state index in [4.69, 9.17) is 5.73 Å². The highest BCUT2D eigenvalue weighted by Gasteiger charge is 2.30. The molecule has 0 atom stereocenters. The smallest absolute Gasteiger partial charge is 0.398 e. The van der Waals surface area contributed by atoms with Crippen molar-refractivity contribution in [1.29, 1.82) is 0 Å². The molecule has 0 aliphatic rings. The number of alkyl halides is 3. The molecule has 2 rings (SSSR count). The molecule has 0 bridgehead atoms. The van der Waals surface area contributed by atoms with Gasteiger partial charge < -0.3 is 11.1 Å². The summed E-state index contributed by atoms with van der Waals surface area (Å²) >= 11 is 3.20. The molecule has 0 unspecified atom stereocenters. The van der Waals surface area contributed by atoms with Crippen molar-refractivity contribution in [3.8, 4) is 0 Å². The van der Waals surface area contributed by atoms with Gasteiger partial charge in [0, 0.05) is 15.8 Å². The Morgan fingerprint density at radius 2 is 1.86 bits per heavy atom. The maximum Gasteiger partial charge on any atom is 0.416 e. The minimum atomic E-state index is -4.46. The average Bonchev–Trinajstić information content (AvgIpc) is 2.41. The van der Waals surface area contributed by atoms with Crippen LogP contribution in [-0.2, 0) is 6.18 Å². The lowest BCUT2D eigenvalue weighted by molar-refractivity contribution is -0.137. The van der Waals surface area contributed by atoms with Gasteiger partial charge in [0.25, 0.3) is 5.91 Å². The number of nitrogens with two attached hydrogens (primary N) is 1. The molecule has 0 fully saturated rings. The van der Waals surface area contributed by atoms with Crippen LogP contribution in [0.2, 0.25) is 0 Å². The van der Waals surface area contributed by atoms with E-state index in [9.17, 15) is 18.0 Å². The summed E-state index contributed by atoms with van der Waals surface area (Å²) in [4.78, 5) is 12.1. The molecule has 0 aliphatic carbocycles. The van der Waals surface area contributed by atoms with Crippen LogP contribution >= 0.6 is 15.9 Å². The van der Waals surface area contributed by atoms with E-state index in [0.717, 1.165) is 12.1 Å². The number of halogens is 4. The first-order valence-corrected chi connectivity index (χ1v) is 6.60. The van der Waals surface area contributed by atoms with Gasteiger partial charge in [-0.3, -0.25) is 4.79 Å². The van der Waals surface area contributed by atoms with Crippen LogP contribution in [0.1, 0.15) is 15.9 Å². The topological polar surface area (TPSA) is 55.1 Å². The number of nitrogens with one attached hydrogen (secondary N) is 1. The van der Waals surface area contributed by atoms with Gasteiger partial charge in [-0.05, 0) is 36.4 Å². The number of carbonyl (C=O) groups is 1. The molecular weight excluding hydrogens is 349 g/mol. The zero-order chi connectivity index (χ0) is 15.6. The van der Waals surface area contributed by atoms with Crippen molar-refractivity contribution in [2.75, 3.05) is 11.1 Å². The molecule has 0 saturated carbocycles. The van der Waals surface area contributed by atoms with Crippen LogP contribution in [0.15, 0.2) is 46.9 Å². The molecule has 1 amide bonds. The second kappa shape index (κ2) is 5.77. The van der Waals surface area contributed by atoms with Gasteiger partial charge >= 0.3 is 6.18 Å². The molecular formula is C14H10BrF3N2O. The van der Waals surface area contributed by atoms with E-state index < -0.39 is 17.6 Å². The molecule has 0 spiro atoms. The van der Waals surface area contributed by atoms with E-state index in [1.807, 2.05) is 0 Å². The largest absolute Gasteiger partial charge is 0.416 e. The number of nitrogen functional groups attached to an aromatic ring is 1. The van der Waals surface area contributed by atoms with E-state index in [0.29, 0.717) is 4.47 Å². The van der Waals surface area contributed by atoms with E-state index in [2.05, 4.69) is 21.2 Å². The third-order valence-corrected chi connectivity index (χ3v) is 3.20. The van der Waals surface area contributed by atoms with Gasteiger partial charge in [-0.1, -0.05) is 22.0 Å². The van der Waals surface area contributed by atoms with Crippen molar-refractivity contribution >= 4 is 33.2 Å². The number of rotatable bonds is 2. The average molecular weight is 359 g/mol. The minimum absolute atomic E-state index is 0.0502. The summed E-state index contributed by atoms with van der Waals surface area (Å²) in [6, 6.07) is 9.10. The molecule has 0 radical (unpaired) electrons. The standard InChI is InChI=1S/C14H10BrF3N2O/c15-9-4-5-12(19)11(7-9)13(21)20-10-3-1-2-8(6-10)14(16,17)18/h1-7H,19H2,(H,20,21). The zero-order valence-electron chi connectivity index (χ0n) is 10.5. The zero-order valence-corrected chi connectivity index (χ0v) is 12.1. The van der Waals surface area contributed by atoms with E-state index in [-0.39, 0.29) is 16.9 Å². The van der Waals surface area contributed by atoms with Crippen LogP contribution in [0.4, 0.5) is 24.5 Å². The highest BCUT2D eigenvalue weighted by molar-refractivity contribution is 9.10. The van der Waals surface area contributed by atoms with Crippen LogP contribution in [0, 0.1) is 0 Å². The maximum absolute atomic E-state index is 12.6. The second-order valence-corrected chi connectivity index (χ2v) is 5.18. The fourth-order valence-corrected chi connectivity index (χ4v) is 2.06. The summed E-state index contributed by atoms with van der Waals surface area (Å²) in [5.74, 6) is -0.576.